The molecule has 2 atom stereocenters. The molecule has 1 fully saturated rings. The number of aromatic nitrogens is 1. The minimum atomic E-state index is -1.22. The molecule has 25 heavy (non-hydrogen) atoms. The van der Waals surface area contributed by atoms with Gasteiger partial charge in [-0.2, -0.15) is 0 Å². The molecule has 2 aromatic rings. The summed E-state index contributed by atoms with van der Waals surface area (Å²) in [6.45, 7) is 5.69. The SMILES string of the molecule is Cc1cnc(C(C)(C)NC(=O)[C@@H]2C[C@@]2(C(=O)[O-])c2ccccc2)s1.[Na+]. The van der Waals surface area contributed by atoms with Gasteiger partial charge in [0.2, 0.25) is 5.91 Å². The van der Waals surface area contributed by atoms with Crippen molar-refractivity contribution >= 4 is 23.2 Å². The summed E-state index contributed by atoms with van der Waals surface area (Å²) < 4.78 is 0. The Labute approximate surface area is 173 Å². The molecule has 5 nitrogen and oxygen atoms in total. The van der Waals surface area contributed by atoms with E-state index in [0.29, 0.717) is 5.56 Å². The molecule has 0 saturated heterocycles. The molecule has 0 bridgehead atoms. The van der Waals surface area contributed by atoms with Gasteiger partial charge in [-0.05, 0) is 32.8 Å². The average molecular weight is 366 g/mol. The number of carboxylic acids is 1. The van der Waals surface area contributed by atoms with Crippen LogP contribution < -0.4 is 40.0 Å². The third-order valence-electron chi connectivity index (χ3n) is 4.52. The normalized spacial score (nSPS) is 22.0. The van der Waals surface area contributed by atoms with Gasteiger partial charge in [0.25, 0.3) is 0 Å². The summed E-state index contributed by atoms with van der Waals surface area (Å²) in [5.41, 5.74) is -1.25. The van der Waals surface area contributed by atoms with Crippen molar-refractivity contribution in [1.82, 2.24) is 10.3 Å². The van der Waals surface area contributed by atoms with Crippen LogP contribution in [0.2, 0.25) is 0 Å². The van der Waals surface area contributed by atoms with Crippen LogP contribution in [0.3, 0.4) is 0 Å². The van der Waals surface area contributed by atoms with Crippen LogP contribution in [0.25, 0.3) is 0 Å². The number of amides is 1. The number of aliphatic carboxylic acids is 1. The molecule has 1 heterocycles. The quantitative estimate of drug-likeness (QED) is 0.654. The average Bonchev–Trinajstić information content (AvgIpc) is 3.16. The molecule has 1 aliphatic carbocycles. The number of rotatable bonds is 5. The van der Waals surface area contributed by atoms with Crippen molar-refractivity contribution in [2.24, 2.45) is 5.92 Å². The second-order valence-electron chi connectivity index (χ2n) is 6.77. The molecule has 0 unspecified atom stereocenters. The first-order chi connectivity index (χ1) is 11.3. The number of thiazole rings is 1. The predicted octanol–water partition coefficient (Wildman–Crippen LogP) is -1.49. The molecule has 1 aromatic heterocycles. The molecule has 1 aromatic carbocycles. The van der Waals surface area contributed by atoms with Crippen molar-refractivity contribution in [2.45, 2.75) is 38.1 Å². The summed E-state index contributed by atoms with van der Waals surface area (Å²) in [6, 6.07) is 8.83. The molecule has 126 valence electrons. The Morgan fingerprint density at radius 3 is 2.48 bits per heavy atom. The summed E-state index contributed by atoms with van der Waals surface area (Å²) in [7, 11) is 0. The van der Waals surface area contributed by atoms with Crippen molar-refractivity contribution < 1.29 is 44.3 Å². The second-order valence-corrected chi connectivity index (χ2v) is 8.01. The first-order valence-electron chi connectivity index (χ1n) is 7.79. The molecule has 1 N–H and O–H groups in total. The number of nitrogens with zero attached hydrogens (tertiary/aromatic N) is 1. The summed E-state index contributed by atoms with van der Waals surface area (Å²) in [5.74, 6) is -2.09. The molecule has 1 aliphatic rings. The third kappa shape index (κ3) is 3.67. The van der Waals surface area contributed by atoms with Crippen molar-refractivity contribution in [3.8, 4) is 0 Å². The van der Waals surface area contributed by atoms with Crippen molar-refractivity contribution in [1.29, 1.82) is 0 Å². The van der Waals surface area contributed by atoms with Gasteiger partial charge in [-0.3, -0.25) is 4.79 Å². The van der Waals surface area contributed by atoms with E-state index in [1.54, 1.807) is 30.5 Å². The number of carbonyl (C=O) groups excluding carboxylic acids is 2. The van der Waals surface area contributed by atoms with Gasteiger partial charge in [-0.1, -0.05) is 30.3 Å². The largest absolute Gasteiger partial charge is 1.00 e. The van der Waals surface area contributed by atoms with Gasteiger partial charge >= 0.3 is 29.6 Å². The molecule has 3 rings (SSSR count). The first-order valence-corrected chi connectivity index (χ1v) is 8.61. The van der Waals surface area contributed by atoms with Crippen molar-refractivity contribution in [2.75, 3.05) is 0 Å². The van der Waals surface area contributed by atoms with Crippen LogP contribution >= 0.6 is 11.3 Å². The summed E-state index contributed by atoms with van der Waals surface area (Å²) in [6.07, 6.45) is 2.03. The van der Waals surface area contributed by atoms with Crippen LogP contribution in [0.1, 0.15) is 35.7 Å². The summed E-state index contributed by atoms with van der Waals surface area (Å²) in [5, 5.41) is 15.5. The fourth-order valence-electron chi connectivity index (χ4n) is 3.07. The number of hydrogen-bond acceptors (Lipinski definition) is 5. The Kier molecular flexibility index (Phi) is 5.78. The zero-order valence-corrected chi connectivity index (χ0v) is 17.6. The molecule has 1 saturated carbocycles. The van der Waals surface area contributed by atoms with E-state index in [1.807, 2.05) is 26.8 Å². The van der Waals surface area contributed by atoms with Crippen LogP contribution in [-0.2, 0) is 20.5 Å². The van der Waals surface area contributed by atoms with E-state index in [-0.39, 0.29) is 41.9 Å². The Morgan fingerprint density at radius 2 is 1.96 bits per heavy atom. The van der Waals surface area contributed by atoms with Crippen LogP contribution in [0.4, 0.5) is 0 Å². The second kappa shape index (κ2) is 7.19. The summed E-state index contributed by atoms with van der Waals surface area (Å²) >= 11 is 1.52. The van der Waals surface area contributed by atoms with Gasteiger partial charge in [0.05, 0.1) is 17.4 Å². The zero-order chi connectivity index (χ0) is 17.5. The van der Waals surface area contributed by atoms with Crippen molar-refractivity contribution in [3.63, 3.8) is 0 Å². The third-order valence-corrected chi connectivity index (χ3v) is 5.76. The Balaban J connectivity index is 0.00000225. The van der Waals surface area contributed by atoms with Gasteiger partial charge in [0.15, 0.2) is 0 Å². The van der Waals surface area contributed by atoms with Gasteiger partial charge in [0.1, 0.15) is 5.01 Å². The van der Waals surface area contributed by atoms with Gasteiger partial charge in [0, 0.05) is 16.5 Å². The van der Waals surface area contributed by atoms with E-state index in [0.717, 1.165) is 9.88 Å². The minimum absolute atomic E-state index is 0. The Hall–Kier alpha value is -1.21. The fraction of sp³-hybridized carbons (Fsp3) is 0.389. The number of carbonyl (C=O) groups is 2. The molecule has 0 radical (unpaired) electrons. The topological polar surface area (TPSA) is 82.1 Å². The van der Waals surface area contributed by atoms with Gasteiger partial charge < -0.3 is 15.2 Å². The number of aryl methyl sites for hydroxylation is 1. The van der Waals surface area contributed by atoms with E-state index in [1.165, 1.54) is 11.3 Å². The molecule has 1 amide bonds. The van der Waals surface area contributed by atoms with Crippen LogP contribution in [0.15, 0.2) is 36.5 Å². The summed E-state index contributed by atoms with van der Waals surface area (Å²) in [4.78, 5) is 29.8. The van der Waals surface area contributed by atoms with E-state index >= 15 is 0 Å². The molecule has 7 heteroatoms. The van der Waals surface area contributed by atoms with Crippen LogP contribution in [-0.4, -0.2) is 16.9 Å². The number of nitrogens with one attached hydrogen (secondary N) is 1. The number of carboxylic acid groups (broad SMARTS) is 1. The maximum Gasteiger partial charge on any atom is 1.00 e. The Bertz CT molecular complexity index is 791. The zero-order valence-electron chi connectivity index (χ0n) is 14.8. The number of benzene rings is 1. The maximum atomic E-state index is 12.7. The first kappa shape index (κ1) is 20.1. The molecular formula is C18H19N2NaO3S. The van der Waals surface area contributed by atoms with Gasteiger partial charge in [-0.15, -0.1) is 11.3 Å². The number of hydrogen-bond donors (Lipinski definition) is 1. The van der Waals surface area contributed by atoms with E-state index < -0.39 is 22.8 Å². The monoisotopic (exact) mass is 366 g/mol. The van der Waals surface area contributed by atoms with E-state index in [2.05, 4.69) is 10.3 Å². The predicted molar refractivity (Wildman–Crippen MR) is 89.3 cm³/mol. The molecular weight excluding hydrogens is 347 g/mol. The van der Waals surface area contributed by atoms with Gasteiger partial charge in [-0.25, -0.2) is 4.98 Å². The van der Waals surface area contributed by atoms with E-state index in [9.17, 15) is 14.7 Å². The van der Waals surface area contributed by atoms with Crippen LogP contribution in [0, 0.1) is 12.8 Å². The minimum Gasteiger partial charge on any atom is -0.549 e. The maximum absolute atomic E-state index is 12.7. The molecule has 0 aliphatic heterocycles. The smallest absolute Gasteiger partial charge is 0.549 e. The fourth-order valence-corrected chi connectivity index (χ4v) is 3.89. The standard InChI is InChI=1S/C18H20N2O3S.Na/c1-11-10-19-15(24-11)17(2,3)20-14(21)13-9-18(13,16(22)23)12-7-5-4-6-8-12;/h4-8,10,13H,9H2,1-3H3,(H,20,21)(H,22,23);/q;+1/p-1/t13-,18+;/m0./s1. The Morgan fingerprint density at radius 1 is 1.32 bits per heavy atom. The van der Waals surface area contributed by atoms with Crippen molar-refractivity contribution in [3.05, 3.63) is 52.0 Å². The molecule has 0 spiro atoms. The van der Waals surface area contributed by atoms with Crippen LogP contribution in [0.5, 0.6) is 0 Å². The van der Waals surface area contributed by atoms with E-state index in [4.69, 9.17) is 0 Å².